The molecule has 5 heteroatoms. The second-order valence-corrected chi connectivity index (χ2v) is 5.51. The molecule has 0 bridgehead atoms. The molecular formula is C14H22N4O. The first-order valence-electron chi connectivity index (χ1n) is 6.90. The minimum absolute atomic E-state index is 0.114. The number of hydrogen-bond acceptors (Lipinski definition) is 4. The number of nitrogens with zero attached hydrogens (tertiary/aromatic N) is 3. The third-order valence-corrected chi connectivity index (χ3v) is 3.77. The average molecular weight is 262 g/mol. The molecule has 5 nitrogen and oxygen atoms in total. The number of amides is 1. The van der Waals surface area contributed by atoms with Crippen molar-refractivity contribution in [3.8, 4) is 0 Å². The van der Waals surface area contributed by atoms with Gasteiger partial charge >= 0.3 is 0 Å². The highest BCUT2D eigenvalue weighted by Crippen LogP contribution is 2.23. The van der Waals surface area contributed by atoms with Crippen molar-refractivity contribution in [1.29, 1.82) is 0 Å². The van der Waals surface area contributed by atoms with Gasteiger partial charge < -0.3 is 10.2 Å². The molecule has 1 aromatic heterocycles. The second kappa shape index (κ2) is 5.99. The van der Waals surface area contributed by atoms with E-state index < -0.39 is 0 Å². The average Bonchev–Trinajstić information content (AvgIpc) is 2.41. The minimum Gasteiger partial charge on any atom is -0.361 e. The van der Waals surface area contributed by atoms with E-state index in [2.05, 4.69) is 22.4 Å². The van der Waals surface area contributed by atoms with Crippen LogP contribution in [-0.4, -0.2) is 36.2 Å². The highest BCUT2D eigenvalue weighted by Gasteiger charge is 2.23. The van der Waals surface area contributed by atoms with Gasteiger partial charge in [-0.3, -0.25) is 4.79 Å². The molecule has 1 aromatic rings. The van der Waals surface area contributed by atoms with Gasteiger partial charge in [0.05, 0.1) is 0 Å². The quantitative estimate of drug-likeness (QED) is 0.903. The number of carbonyl (C=O) groups is 1. The number of hydrogen-bond donors (Lipinski definition) is 1. The van der Waals surface area contributed by atoms with Crippen molar-refractivity contribution in [3.63, 3.8) is 0 Å². The van der Waals surface area contributed by atoms with E-state index in [0.717, 1.165) is 12.2 Å². The fraction of sp³-hybridized carbons (Fsp3) is 0.643. The van der Waals surface area contributed by atoms with Gasteiger partial charge in [0.25, 0.3) is 5.91 Å². The van der Waals surface area contributed by atoms with E-state index in [1.807, 2.05) is 25.1 Å². The molecule has 2 rings (SSSR count). The summed E-state index contributed by atoms with van der Waals surface area (Å²) in [4.78, 5) is 14.0. The number of aromatic nitrogens is 2. The maximum absolute atomic E-state index is 12.1. The van der Waals surface area contributed by atoms with Crippen molar-refractivity contribution < 1.29 is 4.79 Å². The van der Waals surface area contributed by atoms with E-state index in [1.165, 1.54) is 19.3 Å². The molecule has 0 aromatic carbocycles. The Bertz CT molecular complexity index is 430. The third kappa shape index (κ3) is 3.43. The largest absolute Gasteiger partial charge is 0.361 e. The summed E-state index contributed by atoms with van der Waals surface area (Å²) in [6.45, 7) is 2.20. The molecule has 1 amide bonds. The van der Waals surface area contributed by atoms with E-state index in [-0.39, 0.29) is 11.9 Å². The SMILES string of the molecule is CC1CCCCC1NC(=O)c1ccc(N(C)C)nn1. The van der Waals surface area contributed by atoms with E-state index in [4.69, 9.17) is 0 Å². The van der Waals surface area contributed by atoms with Crippen molar-refractivity contribution >= 4 is 11.7 Å². The van der Waals surface area contributed by atoms with Gasteiger partial charge in [0.15, 0.2) is 11.5 Å². The Morgan fingerprint density at radius 1 is 1.26 bits per heavy atom. The lowest BCUT2D eigenvalue weighted by Crippen LogP contribution is -2.41. The van der Waals surface area contributed by atoms with Crippen molar-refractivity contribution in [1.82, 2.24) is 15.5 Å². The molecule has 0 aliphatic heterocycles. The Hall–Kier alpha value is -1.65. The van der Waals surface area contributed by atoms with Gasteiger partial charge in [0.1, 0.15) is 0 Å². The number of anilines is 1. The first-order chi connectivity index (χ1) is 9.08. The molecule has 1 aliphatic rings. The molecule has 2 atom stereocenters. The first-order valence-corrected chi connectivity index (χ1v) is 6.90. The maximum atomic E-state index is 12.1. The molecule has 1 fully saturated rings. The Kier molecular flexibility index (Phi) is 4.35. The fourth-order valence-electron chi connectivity index (χ4n) is 2.46. The van der Waals surface area contributed by atoms with E-state index in [0.29, 0.717) is 11.6 Å². The standard InChI is InChI=1S/C14H22N4O/c1-10-6-4-5-7-11(10)15-14(19)12-8-9-13(17-16-12)18(2)3/h8-11H,4-7H2,1-3H3,(H,15,19). The maximum Gasteiger partial charge on any atom is 0.272 e. The van der Waals surface area contributed by atoms with Gasteiger partial charge in [0.2, 0.25) is 0 Å². The van der Waals surface area contributed by atoms with Crippen LogP contribution in [-0.2, 0) is 0 Å². The zero-order valence-electron chi connectivity index (χ0n) is 11.9. The second-order valence-electron chi connectivity index (χ2n) is 5.51. The highest BCUT2D eigenvalue weighted by molar-refractivity contribution is 5.92. The summed E-state index contributed by atoms with van der Waals surface area (Å²) in [5, 5.41) is 11.1. The monoisotopic (exact) mass is 262 g/mol. The molecule has 104 valence electrons. The van der Waals surface area contributed by atoms with Gasteiger partial charge in [0, 0.05) is 20.1 Å². The molecule has 19 heavy (non-hydrogen) atoms. The topological polar surface area (TPSA) is 58.1 Å². The molecule has 0 radical (unpaired) electrons. The summed E-state index contributed by atoms with van der Waals surface area (Å²) in [5.41, 5.74) is 0.392. The van der Waals surface area contributed by atoms with E-state index in [9.17, 15) is 4.79 Å². The lowest BCUT2D eigenvalue weighted by atomic mass is 9.86. The van der Waals surface area contributed by atoms with Gasteiger partial charge in [-0.2, -0.15) is 0 Å². The molecule has 1 saturated carbocycles. The number of carbonyl (C=O) groups excluding carboxylic acids is 1. The fourth-order valence-corrected chi connectivity index (χ4v) is 2.46. The Balaban J connectivity index is 1.99. The van der Waals surface area contributed by atoms with Gasteiger partial charge in [-0.15, -0.1) is 10.2 Å². The van der Waals surface area contributed by atoms with E-state index in [1.54, 1.807) is 6.07 Å². The van der Waals surface area contributed by atoms with Crippen molar-refractivity contribution in [2.75, 3.05) is 19.0 Å². The molecule has 2 unspecified atom stereocenters. The van der Waals surface area contributed by atoms with Crippen molar-refractivity contribution in [2.24, 2.45) is 5.92 Å². The number of rotatable bonds is 3. The van der Waals surface area contributed by atoms with Crippen LogP contribution in [0.3, 0.4) is 0 Å². The first kappa shape index (κ1) is 13.8. The summed E-state index contributed by atoms with van der Waals surface area (Å²) in [6, 6.07) is 3.81. The van der Waals surface area contributed by atoms with Crippen molar-refractivity contribution in [2.45, 2.75) is 38.6 Å². The zero-order chi connectivity index (χ0) is 13.8. The molecule has 1 aliphatic carbocycles. The van der Waals surface area contributed by atoms with Crippen LogP contribution in [0.5, 0.6) is 0 Å². The van der Waals surface area contributed by atoms with Gasteiger partial charge in [-0.25, -0.2) is 0 Å². The van der Waals surface area contributed by atoms with Crippen LogP contribution in [0, 0.1) is 5.92 Å². The minimum atomic E-state index is -0.114. The third-order valence-electron chi connectivity index (χ3n) is 3.77. The lowest BCUT2D eigenvalue weighted by Gasteiger charge is -2.29. The van der Waals surface area contributed by atoms with Crippen LogP contribution in [0.15, 0.2) is 12.1 Å². The van der Waals surface area contributed by atoms with Crippen LogP contribution in [0.4, 0.5) is 5.82 Å². The predicted molar refractivity (Wildman–Crippen MR) is 75.2 cm³/mol. The molecular weight excluding hydrogens is 240 g/mol. The van der Waals surface area contributed by atoms with Gasteiger partial charge in [-0.05, 0) is 30.9 Å². The number of nitrogens with one attached hydrogen (secondary N) is 1. The Labute approximate surface area is 114 Å². The highest BCUT2D eigenvalue weighted by atomic mass is 16.2. The summed E-state index contributed by atoms with van der Waals surface area (Å²) >= 11 is 0. The predicted octanol–water partition coefficient (Wildman–Crippen LogP) is 1.85. The molecule has 1 N–H and O–H groups in total. The van der Waals surface area contributed by atoms with Crippen LogP contribution in [0.25, 0.3) is 0 Å². The van der Waals surface area contributed by atoms with Crippen molar-refractivity contribution in [3.05, 3.63) is 17.8 Å². The summed E-state index contributed by atoms with van der Waals surface area (Å²) in [7, 11) is 3.79. The summed E-state index contributed by atoms with van der Waals surface area (Å²) < 4.78 is 0. The van der Waals surface area contributed by atoms with Crippen LogP contribution >= 0.6 is 0 Å². The lowest BCUT2D eigenvalue weighted by molar-refractivity contribution is 0.0904. The normalized spacial score (nSPS) is 22.9. The van der Waals surface area contributed by atoms with Crippen LogP contribution in [0.1, 0.15) is 43.1 Å². The smallest absolute Gasteiger partial charge is 0.272 e. The Morgan fingerprint density at radius 3 is 2.58 bits per heavy atom. The summed E-state index contributed by atoms with van der Waals surface area (Å²) in [5.74, 6) is 1.19. The Morgan fingerprint density at radius 2 is 2.00 bits per heavy atom. The molecule has 0 saturated heterocycles. The molecule has 1 heterocycles. The summed E-state index contributed by atoms with van der Waals surface area (Å²) in [6.07, 6.45) is 4.72. The molecule has 0 spiro atoms. The van der Waals surface area contributed by atoms with Gasteiger partial charge in [-0.1, -0.05) is 19.8 Å². The van der Waals surface area contributed by atoms with Crippen LogP contribution in [0.2, 0.25) is 0 Å². The zero-order valence-corrected chi connectivity index (χ0v) is 11.9. The van der Waals surface area contributed by atoms with E-state index >= 15 is 0 Å². The van der Waals surface area contributed by atoms with Crippen LogP contribution < -0.4 is 10.2 Å².